The maximum Gasteiger partial charge on any atom is 0.350 e. The molecule has 3 unspecified atom stereocenters. The Morgan fingerprint density at radius 3 is 1.72 bits per heavy atom. The molecule has 1 saturated heterocycles. The second-order valence-corrected chi connectivity index (χ2v) is 23.3. The molecule has 3 aromatic carbocycles. The largest absolute Gasteiger partial charge is 0.461 e. The Kier molecular flexibility index (Phi) is 18.8. The van der Waals surface area contributed by atoms with Crippen LogP contribution in [-0.2, 0) is 41.8 Å². The van der Waals surface area contributed by atoms with Crippen LogP contribution in [0, 0.1) is 34.5 Å². The van der Waals surface area contributed by atoms with Crippen LogP contribution in [-0.4, -0.2) is 46.3 Å². The van der Waals surface area contributed by atoms with Gasteiger partial charge in [0, 0.05) is 6.42 Å². The Morgan fingerprint density at radius 2 is 1.24 bits per heavy atom. The van der Waals surface area contributed by atoms with E-state index in [1.807, 2.05) is 74.5 Å². The van der Waals surface area contributed by atoms with Crippen LogP contribution in [0.2, 0.25) is 0 Å². The summed E-state index contributed by atoms with van der Waals surface area (Å²) in [5, 5.41) is 13.4. The second kappa shape index (κ2) is 24.3. The summed E-state index contributed by atoms with van der Waals surface area (Å²) >= 11 is 4.40. The first kappa shape index (κ1) is 52.7. The van der Waals surface area contributed by atoms with Crippen molar-refractivity contribution in [1.82, 2.24) is 10.0 Å². The zero-order valence-corrected chi connectivity index (χ0v) is 43.7. The lowest BCUT2D eigenvalue weighted by Crippen LogP contribution is -2.39. The summed E-state index contributed by atoms with van der Waals surface area (Å²) in [6.45, 7) is 17.0. The highest BCUT2D eigenvalue weighted by Gasteiger charge is 2.47. The van der Waals surface area contributed by atoms with E-state index >= 15 is 0 Å². The number of ether oxygens (including phenoxy) is 3. The minimum atomic E-state index is -0.759. The lowest BCUT2D eigenvalue weighted by molar-refractivity contribution is -0.149. The lowest BCUT2D eigenvalue weighted by atomic mass is 9.84. The highest BCUT2D eigenvalue weighted by atomic mass is 32.2. The minimum absolute atomic E-state index is 0.0284. The fraction of sp³-hybridized carbons (Fsp3) is 0.472. The van der Waals surface area contributed by atoms with Crippen LogP contribution in [0.5, 0.6) is 11.5 Å². The Hall–Kier alpha value is -4.62. The first-order valence-corrected chi connectivity index (χ1v) is 27.0. The Labute approximate surface area is 418 Å². The molecule has 3 aliphatic rings. The average Bonchev–Trinajstić information content (AvgIpc) is 4.00. The van der Waals surface area contributed by atoms with Crippen molar-refractivity contribution in [3.8, 4) is 17.6 Å². The summed E-state index contributed by atoms with van der Waals surface area (Å²) in [7, 11) is 0. The van der Waals surface area contributed by atoms with Crippen LogP contribution in [0.1, 0.15) is 131 Å². The third-order valence-corrected chi connectivity index (χ3v) is 17.1. The number of carbonyl (C=O) groups is 5. The van der Waals surface area contributed by atoms with Gasteiger partial charge in [0.1, 0.15) is 11.6 Å². The number of unbranched alkanes of at least 4 members (excludes halogenated alkanes) is 2. The van der Waals surface area contributed by atoms with Gasteiger partial charge in [-0.2, -0.15) is 5.26 Å². The molecule has 11 nitrogen and oxygen atoms in total. The number of nitrogens with zero attached hydrogens (tertiary/aromatic N) is 3. The number of esters is 3. The number of fused-ring (bicyclic) bond motifs is 2. The van der Waals surface area contributed by atoms with Gasteiger partial charge in [-0.3, -0.25) is 19.2 Å². The van der Waals surface area contributed by atoms with Gasteiger partial charge in [-0.05, 0) is 54.1 Å². The second-order valence-electron chi connectivity index (χ2n) is 18.7. The lowest BCUT2D eigenvalue weighted by Gasteiger charge is -2.27. The molecule has 1 fully saturated rings. The molecule has 0 aromatic heterocycles. The highest BCUT2D eigenvalue weighted by molar-refractivity contribution is 8.26. The summed E-state index contributed by atoms with van der Waals surface area (Å²) in [6.07, 6.45) is 7.45. The molecule has 0 bridgehead atoms. The van der Waals surface area contributed by atoms with Crippen molar-refractivity contribution in [2.75, 3.05) is 6.61 Å². The van der Waals surface area contributed by atoms with Crippen molar-refractivity contribution in [3.05, 3.63) is 91.4 Å². The summed E-state index contributed by atoms with van der Waals surface area (Å²) in [5.74, 6) is -2.68. The quantitative estimate of drug-likeness (QED) is 0.0329. The SMILES string of the molecule is CCCCC(CC)COC(=O)/C(C#N)=C1\Sc2c(OC(=O)CC(C)CC(C)(C)C)c3c(c(OC(=O)C(CC)CCCC)c2S1)SC(=C1C(=O)N(Cc2ccccc2)N(Cc2ccccc2)C1=O)S3. The first-order chi connectivity index (χ1) is 32.6. The van der Waals surface area contributed by atoms with Gasteiger partial charge in [-0.1, -0.05) is 195 Å². The molecular weight excluding hydrogens is 935 g/mol. The van der Waals surface area contributed by atoms with Crippen LogP contribution in [0.3, 0.4) is 0 Å². The smallest absolute Gasteiger partial charge is 0.350 e. The third-order valence-electron chi connectivity index (χ3n) is 11.9. The van der Waals surface area contributed by atoms with E-state index in [4.69, 9.17) is 14.2 Å². The molecule has 3 aliphatic heterocycles. The fourth-order valence-electron chi connectivity index (χ4n) is 8.38. The summed E-state index contributed by atoms with van der Waals surface area (Å²) in [5.41, 5.74) is 1.38. The molecule has 15 heteroatoms. The maximum atomic E-state index is 14.8. The van der Waals surface area contributed by atoms with Crippen molar-refractivity contribution in [2.24, 2.45) is 23.2 Å². The zero-order valence-electron chi connectivity index (χ0n) is 40.4. The minimum Gasteiger partial charge on any atom is -0.461 e. The van der Waals surface area contributed by atoms with Crippen molar-refractivity contribution in [1.29, 1.82) is 5.26 Å². The van der Waals surface area contributed by atoms with Crippen molar-refractivity contribution >= 4 is 76.8 Å². The number of nitriles is 1. The molecule has 362 valence electrons. The van der Waals surface area contributed by atoms with E-state index in [1.165, 1.54) is 10.0 Å². The van der Waals surface area contributed by atoms with Gasteiger partial charge in [0.05, 0.1) is 53.7 Å². The third kappa shape index (κ3) is 13.0. The monoisotopic (exact) mass is 997 g/mol. The van der Waals surface area contributed by atoms with Gasteiger partial charge in [0.15, 0.2) is 17.1 Å². The average molecular weight is 998 g/mol. The topological polar surface area (TPSA) is 143 Å². The standard InChI is InChI=1S/C53H63N3O8S4/c1-9-13-21-34(11-3)32-62-50(61)38(29-54)51-65-43-41(63-39(57)27-33(5)28-53(6,7)8)44-46(42(45(43)66-51)64-49(60)37(12-4)26-14-10-2)68-52(67-44)40-47(58)55(30-35-22-17-15-18-23-35)56(48(40)59)31-36-24-19-16-20-25-36/h15-20,22-25,33-34,37H,9-14,21,26-28,30-32H2,1-8H3/b51-38+. The molecule has 0 N–H and O–H groups in total. The maximum absolute atomic E-state index is 14.8. The normalized spacial score (nSPS) is 16.6. The van der Waals surface area contributed by atoms with Crippen LogP contribution in [0.15, 0.2) is 99.9 Å². The molecule has 0 aliphatic carbocycles. The summed E-state index contributed by atoms with van der Waals surface area (Å²) < 4.78 is 19.3. The molecule has 2 amide bonds. The van der Waals surface area contributed by atoms with Crippen LogP contribution < -0.4 is 9.47 Å². The van der Waals surface area contributed by atoms with Crippen LogP contribution in [0.4, 0.5) is 0 Å². The molecule has 3 aromatic rings. The molecular formula is C53H63N3O8S4. The number of benzene rings is 3. The van der Waals surface area contributed by atoms with E-state index in [-0.39, 0.29) is 66.0 Å². The van der Waals surface area contributed by atoms with Gasteiger partial charge in [-0.15, -0.1) is 0 Å². The molecule has 0 radical (unpaired) electrons. The van der Waals surface area contributed by atoms with Crippen LogP contribution in [0.25, 0.3) is 0 Å². The Morgan fingerprint density at radius 1 is 0.721 bits per heavy atom. The van der Waals surface area contributed by atoms with Gasteiger partial charge in [-0.25, -0.2) is 14.8 Å². The number of carbonyl (C=O) groups excluding carboxylic acids is 5. The van der Waals surface area contributed by atoms with E-state index in [0.29, 0.717) is 40.9 Å². The number of thioether (sulfide) groups is 4. The Balaban J connectivity index is 1.49. The number of hydrogen-bond acceptors (Lipinski definition) is 13. The van der Waals surface area contributed by atoms with Gasteiger partial charge in [0.25, 0.3) is 11.8 Å². The predicted molar refractivity (Wildman–Crippen MR) is 270 cm³/mol. The number of amides is 2. The van der Waals surface area contributed by atoms with Crippen molar-refractivity contribution in [2.45, 2.75) is 152 Å². The van der Waals surface area contributed by atoms with E-state index in [0.717, 1.165) is 103 Å². The highest BCUT2D eigenvalue weighted by Crippen LogP contribution is 2.69. The summed E-state index contributed by atoms with van der Waals surface area (Å²) in [4.78, 5) is 73.2. The molecule has 0 saturated carbocycles. The summed E-state index contributed by atoms with van der Waals surface area (Å²) in [6, 6.07) is 21.0. The van der Waals surface area contributed by atoms with E-state index in [9.17, 15) is 29.2 Å². The predicted octanol–water partition coefficient (Wildman–Crippen LogP) is 13.3. The number of rotatable bonds is 21. The van der Waals surface area contributed by atoms with Gasteiger partial charge in [0.2, 0.25) is 0 Å². The molecule has 68 heavy (non-hydrogen) atoms. The van der Waals surface area contributed by atoms with Gasteiger partial charge >= 0.3 is 17.9 Å². The van der Waals surface area contributed by atoms with E-state index in [1.54, 1.807) is 0 Å². The van der Waals surface area contributed by atoms with Crippen molar-refractivity contribution < 1.29 is 38.2 Å². The van der Waals surface area contributed by atoms with E-state index in [2.05, 4.69) is 47.6 Å². The molecule has 3 heterocycles. The van der Waals surface area contributed by atoms with E-state index < -0.39 is 35.6 Å². The first-order valence-electron chi connectivity index (χ1n) is 23.8. The van der Waals surface area contributed by atoms with Crippen molar-refractivity contribution in [3.63, 3.8) is 0 Å². The fourth-order valence-corrected chi connectivity index (χ4v) is 13.8. The molecule has 3 atom stereocenters. The van der Waals surface area contributed by atoms with Gasteiger partial charge < -0.3 is 14.2 Å². The zero-order chi connectivity index (χ0) is 49.1. The molecule has 0 spiro atoms. The molecule has 6 rings (SSSR count). The Bertz CT molecular complexity index is 2400. The van der Waals surface area contributed by atoms with Crippen LogP contribution >= 0.6 is 47.0 Å². The number of hydrazine groups is 1. The number of hydrogen-bond donors (Lipinski definition) is 0.